The Morgan fingerprint density at radius 2 is 2.15 bits per heavy atom. The molecule has 5 rings (SSSR count). The van der Waals surface area contributed by atoms with E-state index in [9.17, 15) is 4.79 Å². The molecule has 1 saturated heterocycles. The van der Waals surface area contributed by atoms with Crippen LogP contribution >= 0.6 is 11.3 Å². The molecular weight excluding hydrogens is 364 g/mol. The van der Waals surface area contributed by atoms with Crippen molar-refractivity contribution in [1.29, 1.82) is 0 Å². The number of nitrogens with one attached hydrogen (secondary N) is 1. The predicted octanol–water partition coefficient (Wildman–Crippen LogP) is 4.15. The molecule has 136 valence electrons. The van der Waals surface area contributed by atoms with Gasteiger partial charge in [0.1, 0.15) is 17.3 Å². The van der Waals surface area contributed by atoms with Crippen molar-refractivity contribution in [3.05, 3.63) is 48.0 Å². The minimum absolute atomic E-state index is 0.102. The van der Waals surface area contributed by atoms with Crippen LogP contribution in [0.15, 0.2) is 56.9 Å². The lowest BCUT2D eigenvalue weighted by Gasteiger charge is -2.21. The van der Waals surface area contributed by atoms with Gasteiger partial charge in [-0.15, -0.1) is 11.3 Å². The quantitative estimate of drug-likeness (QED) is 0.572. The molecule has 3 aromatic heterocycles. The molecule has 0 saturated carbocycles. The molecule has 0 aliphatic carbocycles. The molecular formula is C19H16N4O3S. The number of para-hydroxylation sites is 2. The SMILES string of the molecule is O=C(Nc1nc(-c2ccco2)cs1)C1CCCN1c1nc2ccccc2o1. The summed E-state index contributed by atoms with van der Waals surface area (Å²) in [6.07, 6.45) is 3.26. The number of nitrogens with zero attached hydrogens (tertiary/aromatic N) is 3. The number of amides is 1. The Hall–Kier alpha value is -3.13. The smallest absolute Gasteiger partial charge is 0.299 e. The van der Waals surface area contributed by atoms with Crippen molar-refractivity contribution in [3.8, 4) is 11.5 Å². The Labute approximate surface area is 158 Å². The summed E-state index contributed by atoms with van der Waals surface area (Å²) in [6.45, 7) is 0.737. The van der Waals surface area contributed by atoms with Crippen LogP contribution in [-0.2, 0) is 4.79 Å². The van der Waals surface area contributed by atoms with Crippen molar-refractivity contribution in [1.82, 2.24) is 9.97 Å². The summed E-state index contributed by atoms with van der Waals surface area (Å²) >= 11 is 1.38. The standard InChI is InChI=1S/C19H16N4O3S/c24-17(22-18-20-13(11-27-18)15-8-4-10-25-15)14-6-3-9-23(14)19-21-12-5-1-2-7-16(12)26-19/h1-2,4-5,7-8,10-11,14H,3,6,9H2,(H,20,22,24). The number of benzene rings is 1. The number of hydrogen-bond acceptors (Lipinski definition) is 7. The van der Waals surface area contributed by atoms with Gasteiger partial charge in [-0.25, -0.2) is 4.98 Å². The summed E-state index contributed by atoms with van der Waals surface area (Å²) in [6, 6.07) is 11.4. The number of fused-ring (bicyclic) bond motifs is 1. The van der Waals surface area contributed by atoms with Crippen LogP contribution in [0.4, 0.5) is 11.1 Å². The monoisotopic (exact) mass is 380 g/mol. The Bertz CT molecular complexity index is 1050. The molecule has 4 heterocycles. The summed E-state index contributed by atoms with van der Waals surface area (Å²) in [5.41, 5.74) is 2.23. The van der Waals surface area contributed by atoms with E-state index in [1.165, 1.54) is 11.3 Å². The van der Waals surface area contributed by atoms with Crippen molar-refractivity contribution in [3.63, 3.8) is 0 Å². The van der Waals surface area contributed by atoms with Crippen LogP contribution in [0.3, 0.4) is 0 Å². The summed E-state index contributed by atoms with van der Waals surface area (Å²) < 4.78 is 11.2. The number of carbonyl (C=O) groups is 1. The highest BCUT2D eigenvalue weighted by Crippen LogP contribution is 2.30. The van der Waals surface area contributed by atoms with Crippen molar-refractivity contribution >= 4 is 39.5 Å². The van der Waals surface area contributed by atoms with Crippen LogP contribution in [0.2, 0.25) is 0 Å². The molecule has 1 amide bonds. The molecule has 1 aromatic carbocycles. The first-order chi connectivity index (χ1) is 13.3. The fourth-order valence-corrected chi connectivity index (χ4v) is 4.01. The number of aromatic nitrogens is 2. The Morgan fingerprint density at radius 1 is 1.22 bits per heavy atom. The number of carbonyl (C=O) groups excluding carboxylic acids is 1. The van der Waals surface area contributed by atoms with Crippen molar-refractivity contribution in [2.75, 3.05) is 16.8 Å². The zero-order valence-corrected chi connectivity index (χ0v) is 15.1. The maximum atomic E-state index is 12.8. The number of hydrogen-bond donors (Lipinski definition) is 1. The molecule has 1 aliphatic rings. The van der Waals surface area contributed by atoms with E-state index in [4.69, 9.17) is 8.83 Å². The summed E-state index contributed by atoms with van der Waals surface area (Å²) in [5, 5.41) is 5.33. The van der Waals surface area contributed by atoms with E-state index in [-0.39, 0.29) is 11.9 Å². The average molecular weight is 380 g/mol. The van der Waals surface area contributed by atoms with Gasteiger partial charge in [-0.2, -0.15) is 4.98 Å². The van der Waals surface area contributed by atoms with Gasteiger partial charge in [0.25, 0.3) is 6.01 Å². The van der Waals surface area contributed by atoms with E-state index < -0.39 is 0 Å². The lowest BCUT2D eigenvalue weighted by atomic mass is 10.2. The van der Waals surface area contributed by atoms with E-state index in [1.54, 1.807) is 6.26 Å². The van der Waals surface area contributed by atoms with Gasteiger partial charge in [0.05, 0.1) is 6.26 Å². The summed E-state index contributed by atoms with van der Waals surface area (Å²) in [7, 11) is 0. The Balaban J connectivity index is 1.34. The van der Waals surface area contributed by atoms with E-state index in [2.05, 4.69) is 15.3 Å². The largest absolute Gasteiger partial charge is 0.463 e. The fourth-order valence-electron chi connectivity index (χ4n) is 3.31. The molecule has 8 heteroatoms. The lowest BCUT2D eigenvalue weighted by molar-refractivity contribution is -0.117. The van der Waals surface area contributed by atoms with Crippen LogP contribution in [-0.4, -0.2) is 28.5 Å². The first-order valence-electron chi connectivity index (χ1n) is 8.70. The predicted molar refractivity (Wildman–Crippen MR) is 103 cm³/mol. The van der Waals surface area contributed by atoms with Crippen molar-refractivity contribution < 1.29 is 13.6 Å². The Kier molecular flexibility index (Phi) is 3.90. The van der Waals surface area contributed by atoms with E-state index in [1.807, 2.05) is 46.7 Å². The molecule has 0 spiro atoms. The van der Waals surface area contributed by atoms with Crippen LogP contribution in [0.5, 0.6) is 0 Å². The first kappa shape index (κ1) is 16.1. The lowest BCUT2D eigenvalue weighted by Crippen LogP contribution is -2.39. The van der Waals surface area contributed by atoms with Crippen molar-refractivity contribution in [2.45, 2.75) is 18.9 Å². The van der Waals surface area contributed by atoms with Crippen molar-refractivity contribution in [2.24, 2.45) is 0 Å². The molecule has 1 atom stereocenters. The third-order valence-electron chi connectivity index (χ3n) is 4.59. The summed E-state index contributed by atoms with van der Waals surface area (Å²) in [5.74, 6) is 0.579. The topological polar surface area (TPSA) is 84.4 Å². The third-order valence-corrected chi connectivity index (χ3v) is 5.35. The van der Waals surface area contributed by atoms with Crippen LogP contribution in [0.25, 0.3) is 22.6 Å². The highest BCUT2D eigenvalue weighted by atomic mass is 32.1. The minimum Gasteiger partial charge on any atom is -0.463 e. The zero-order valence-electron chi connectivity index (χ0n) is 14.3. The van der Waals surface area contributed by atoms with Gasteiger partial charge >= 0.3 is 0 Å². The molecule has 4 aromatic rings. The normalized spacial score (nSPS) is 16.9. The molecule has 1 fully saturated rings. The highest BCUT2D eigenvalue weighted by molar-refractivity contribution is 7.14. The van der Waals surface area contributed by atoms with Gasteiger partial charge in [0, 0.05) is 11.9 Å². The second kappa shape index (κ2) is 6.55. The van der Waals surface area contributed by atoms with Gasteiger partial charge in [-0.05, 0) is 37.1 Å². The maximum Gasteiger partial charge on any atom is 0.299 e. The van der Waals surface area contributed by atoms with Gasteiger partial charge in [0.15, 0.2) is 16.5 Å². The van der Waals surface area contributed by atoms with Gasteiger partial charge in [-0.3, -0.25) is 4.79 Å². The number of thiazole rings is 1. The Morgan fingerprint density at radius 3 is 3.00 bits per heavy atom. The fraction of sp³-hybridized carbons (Fsp3) is 0.211. The third kappa shape index (κ3) is 2.97. The first-order valence-corrected chi connectivity index (χ1v) is 9.58. The van der Waals surface area contributed by atoms with Gasteiger partial charge in [0.2, 0.25) is 5.91 Å². The minimum atomic E-state index is -0.325. The van der Waals surface area contributed by atoms with Crippen LogP contribution in [0, 0.1) is 0 Å². The number of anilines is 2. The highest BCUT2D eigenvalue weighted by Gasteiger charge is 2.34. The second-order valence-corrected chi connectivity index (χ2v) is 7.18. The molecule has 27 heavy (non-hydrogen) atoms. The number of furan rings is 1. The summed E-state index contributed by atoms with van der Waals surface area (Å²) in [4.78, 5) is 23.7. The van der Waals surface area contributed by atoms with E-state index >= 15 is 0 Å². The average Bonchev–Trinajstić information content (AvgIpc) is 3.47. The second-order valence-electron chi connectivity index (χ2n) is 6.32. The van der Waals surface area contributed by atoms with E-state index in [0.29, 0.717) is 22.6 Å². The molecule has 0 radical (unpaired) electrons. The molecule has 1 unspecified atom stereocenters. The molecule has 7 nitrogen and oxygen atoms in total. The maximum absolute atomic E-state index is 12.8. The van der Waals surface area contributed by atoms with Gasteiger partial charge < -0.3 is 19.1 Å². The molecule has 0 bridgehead atoms. The van der Waals surface area contributed by atoms with Crippen LogP contribution in [0.1, 0.15) is 12.8 Å². The van der Waals surface area contributed by atoms with Crippen LogP contribution < -0.4 is 10.2 Å². The number of rotatable bonds is 4. The van der Waals surface area contributed by atoms with E-state index in [0.717, 1.165) is 30.5 Å². The molecule has 1 aliphatic heterocycles. The molecule has 1 N–H and O–H groups in total. The number of oxazole rings is 1. The van der Waals surface area contributed by atoms with Gasteiger partial charge in [-0.1, -0.05) is 12.1 Å². The zero-order chi connectivity index (χ0) is 18.2.